The number of aryl methyl sites for hydroxylation is 1. The van der Waals surface area contributed by atoms with Crippen molar-refractivity contribution < 1.29 is 24.7 Å². The van der Waals surface area contributed by atoms with Gasteiger partial charge in [0.15, 0.2) is 6.04 Å². The van der Waals surface area contributed by atoms with Crippen molar-refractivity contribution in [3.8, 4) is 0 Å². The molecule has 0 unspecified atom stereocenters. The van der Waals surface area contributed by atoms with Gasteiger partial charge in [-0.05, 0) is 6.42 Å². The van der Waals surface area contributed by atoms with Crippen LogP contribution in [0.5, 0.6) is 0 Å². The van der Waals surface area contributed by atoms with E-state index in [-0.39, 0.29) is 11.4 Å². The third-order valence-corrected chi connectivity index (χ3v) is 2.58. The summed E-state index contributed by atoms with van der Waals surface area (Å²) in [5, 5.41) is 30.4. The molecule has 0 aliphatic carbocycles. The molecule has 9 nitrogen and oxygen atoms in total. The Morgan fingerprint density at radius 3 is 2.65 bits per heavy atom. The molecule has 1 rings (SSSR count). The van der Waals surface area contributed by atoms with Gasteiger partial charge in [-0.2, -0.15) is 0 Å². The Bertz CT molecular complexity index is 524. The van der Waals surface area contributed by atoms with E-state index in [4.69, 9.17) is 10.2 Å². The van der Waals surface area contributed by atoms with E-state index >= 15 is 0 Å². The summed E-state index contributed by atoms with van der Waals surface area (Å²) in [4.78, 5) is 32.7. The lowest BCUT2D eigenvalue weighted by molar-refractivity contribution is -0.384. The van der Waals surface area contributed by atoms with E-state index in [0.29, 0.717) is 13.0 Å². The highest BCUT2D eigenvalue weighted by atomic mass is 16.6. The average molecular weight is 285 g/mol. The molecule has 0 aromatic carbocycles. The SMILES string of the molecule is CCCn1cc([N+](=O)[O-])cc1C(=O)N[C@@H](CO)C(=O)O. The van der Waals surface area contributed by atoms with Crippen molar-refractivity contribution in [2.75, 3.05) is 6.61 Å². The van der Waals surface area contributed by atoms with E-state index in [0.717, 1.165) is 6.07 Å². The highest BCUT2D eigenvalue weighted by Gasteiger charge is 2.24. The van der Waals surface area contributed by atoms with Gasteiger partial charge in [0.2, 0.25) is 0 Å². The smallest absolute Gasteiger partial charge is 0.328 e. The van der Waals surface area contributed by atoms with E-state index in [1.807, 2.05) is 6.92 Å². The van der Waals surface area contributed by atoms with Crippen LogP contribution in [0.15, 0.2) is 12.3 Å². The third kappa shape index (κ3) is 3.54. The van der Waals surface area contributed by atoms with Gasteiger partial charge in [0.05, 0.1) is 17.7 Å². The van der Waals surface area contributed by atoms with Crippen LogP contribution in [0.3, 0.4) is 0 Å². The molecule has 1 aromatic rings. The summed E-state index contributed by atoms with van der Waals surface area (Å²) >= 11 is 0. The van der Waals surface area contributed by atoms with E-state index in [2.05, 4.69) is 5.32 Å². The molecule has 1 amide bonds. The molecule has 0 bridgehead atoms. The van der Waals surface area contributed by atoms with Gasteiger partial charge in [0.25, 0.3) is 11.6 Å². The highest BCUT2D eigenvalue weighted by molar-refractivity contribution is 5.96. The lowest BCUT2D eigenvalue weighted by Crippen LogP contribution is -2.43. The highest BCUT2D eigenvalue weighted by Crippen LogP contribution is 2.17. The Labute approximate surface area is 114 Å². The van der Waals surface area contributed by atoms with Crippen LogP contribution in [0.2, 0.25) is 0 Å². The first-order chi connectivity index (χ1) is 9.40. The summed E-state index contributed by atoms with van der Waals surface area (Å²) < 4.78 is 1.38. The summed E-state index contributed by atoms with van der Waals surface area (Å²) in [5.41, 5.74) is -0.266. The summed E-state index contributed by atoms with van der Waals surface area (Å²) in [7, 11) is 0. The number of nitrogens with zero attached hydrogens (tertiary/aromatic N) is 2. The van der Waals surface area contributed by atoms with E-state index < -0.39 is 29.4 Å². The number of aliphatic carboxylic acids is 1. The maximum atomic E-state index is 11.9. The minimum absolute atomic E-state index is 0.0155. The largest absolute Gasteiger partial charge is 0.480 e. The van der Waals surface area contributed by atoms with Gasteiger partial charge in [0.1, 0.15) is 5.69 Å². The number of carboxylic acids is 1. The van der Waals surface area contributed by atoms with Crippen LogP contribution in [0, 0.1) is 10.1 Å². The zero-order valence-electron chi connectivity index (χ0n) is 10.8. The van der Waals surface area contributed by atoms with Gasteiger partial charge in [0, 0.05) is 12.6 Å². The van der Waals surface area contributed by atoms with Crippen molar-refractivity contribution >= 4 is 17.6 Å². The normalized spacial score (nSPS) is 11.9. The monoisotopic (exact) mass is 285 g/mol. The maximum absolute atomic E-state index is 11.9. The molecule has 3 N–H and O–H groups in total. The molecular weight excluding hydrogens is 270 g/mol. The standard InChI is InChI=1S/C11H15N3O6/c1-2-3-13-5-7(14(19)20)4-9(13)10(16)12-8(6-15)11(17)18/h4-5,8,15H,2-3,6H2,1H3,(H,12,16)(H,17,18)/t8-/m0/s1. The second-order valence-corrected chi connectivity index (χ2v) is 4.08. The second-order valence-electron chi connectivity index (χ2n) is 4.08. The fourth-order valence-corrected chi connectivity index (χ4v) is 1.63. The Kier molecular flexibility index (Phi) is 5.21. The molecule has 0 aliphatic rings. The number of hydrogen-bond donors (Lipinski definition) is 3. The van der Waals surface area contributed by atoms with Crippen molar-refractivity contribution in [2.45, 2.75) is 25.9 Å². The minimum atomic E-state index is -1.45. The van der Waals surface area contributed by atoms with Gasteiger partial charge in [-0.15, -0.1) is 0 Å². The van der Waals surface area contributed by atoms with E-state index in [9.17, 15) is 19.7 Å². The van der Waals surface area contributed by atoms with Crippen LogP contribution in [0.1, 0.15) is 23.8 Å². The van der Waals surface area contributed by atoms with Crippen molar-refractivity contribution in [1.29, 1.82) is 0 Å². The molecule has 0 spiro atoms. The first kappa shape index (κ1) is 15.6. The lowest BCUT2D eigenvalue weighted by atomic mass is 10.3. The summed E-state index contributed by atoms with van der Waals surface area (Å²) in [6.45, 7) is 1.45. The number of rotatable bonds is 7. The van der Waals surface area contributed by atoms with Crippen LogP contribution in [0.25, 0.3) is 0 Å². The van der Waals surface area contributed by atoms with Crippen LogP contribution in [0.4, 0.5) is 5.69 Å². The molecule has 9 heteroatoms. The van der Waals surface area contributed by atoms with Crippen molar-refractivity contribution in [2.24, 2.45) is 0 Å². The second kappa shape index (κ2) is 6.66. The number of nitro groups is 1. The first-order valence-corrected chi connectivity index (χ1v) is 5.89. The minimum Gasteiger partial charge on any atom is -0.480 e. The lowest BCUT2D eigenvalue weighted by Gasteiger charge is -2.12. The Morgan fingerprint density at radius 2 is 2.20 bits per heavy atom. The number of aliphatic hydroxyl groups excluding tert-OH is 1. The molecule has 1 heterocycles. The molecule has 0 aliphatic heterocycles. The molecule has 0 saturated carbocycles. The van der Waals surface area contributed by atoms with E-state index in [1.165, 1.54) is 10.8 Å². The number of carboxylic acid groups (broad SMARTS) is 1. The number of nitrogens with one attached hydrogen (secondary N) is 1. The average Bonchev–Trinajstić information content (AvgIpc) is 2.80. The van der Waals surface area contributed by atoms with Crippen molar-refractivity contribution in [3.63, 3.8) is 0 Å². The summed E-state index contributed by atoms with van der Waals surface area (Å²) in [6, 6.07) is -0.382. The first-order valence-electron chi connectivity index (χ1n) is 5.89. The van der Waals surface area contributed by atoms with Gasteiger partial charge >= 0.3 is 5.97 Å². The van der Waals surface area contributed by atoms with Gasteiger partial charge in [-0.25, -0.2) is 4.79 Å². The summed E-state index contributed by atoms with van der Waals surface area (Å²) in [5.74, 6) is -2.17. The molecule has 0 fully saturated rings. The number of carbonyl (C=O) groups excluding carboxylic acids is 1. The van der Waals surface area contributed by atoms with Crippen LogP contribution >= 0.6 is 0 Å². The van der Waals surface area contributed by atoms with Crippen LogP contribution in [-0.2, 0) is 11.3 Å². The van der Waals surface area contributed by atoms with Crippen LogP contribution < -0.4 is 5.32 Å². The zero-order chi connectivity index (χ0) is 15.3. The Hall–Kier alpha value is -2.42. The van der Waals surface area contributed by atoms with Gasteiger partial charge in [-0.3, -0.25) is 14.9 Å². The molecule has 110 valence electrons. The predicted octanol–water partition coefficient (Wildman–Crippen LogP) is -0.0184. The number of hydrogen-bond acceptors (Lipinski definition) is 5. The van der Waals surface area contributed by atoms with Gasteiger partial charge < -0.3 is 20.1 Å². The molecule has 1 atom stereocenters. The predicted molar refractivity (Wildman–Crippen MR) is 67.4 cm³/mol. The third-order valence-electron chi connectivity index (χ3n) is 2.58. The molecule has 0 radical (unpaired) electrons. The fourth-order valence-electron chi connectivity index (χ4n) is 1.63. The number of carbonyl (C=O) groups is 2. The number of aliphatic hydroxyl groups is 1. The van der Waals surface area contributed by atoms with Crippen molar-refractivity contribution in [3.05, 3.63) is 28.1 Å². The van der Waals surface area contributed by atoms with E-state index in [1.54, 1.807) is 0 Å². The summed E-state index contributed by atoms with van der Waals surface area (Å²) in [6.07, 6.45) is 1.86. The fraction of sp³-hybridized carbons (Fsp3) is 0.455. The quantitative estimate of drug-likeness (QED) is 0.476. The molecule has 1 aromatic heterocycles. The maximum Gasteiger partial charge on any atom is 0.328 e. The number of aromatic nitrogens is 1. The zero-order valence-corrected chi connectivity index (χ0v) is 10.8. The number of amides is 1. The molecule has 20 heavy (non-hydrogen) atoms. The topological polar surface area (TPSA) is 135 Å². The molecule has 0 saturated heterocycles. The Morgan fingerprint density at radius 1 is 1.55 bits per heavy atom. The van der Waals surface area contributed by atoms with Crippen LogP contribution in [-0.4, -0.2) is 44.2 Å². The van der Waals surface area contributed by atoms with Gasteiger partial charge in [-0.1, -0.05) is 6.92 Å². The Balaban J connectivity index is 3.01. The van der Waals surface area contributed by atoms with Crippen molar-refractivity contribution in [1.82, 2.24) is 9.88 Å². The molecular formula is C11H15N3O6.